The van der Waals surface area contributed by atoms with Crippen LogP contribution in [-0.2, 0) is 69.3 Å². The van der Waals surface area contributed by atoms with Crippen molar-refractivity contribution in [1.82, 2.24) is 139 Å². The number of aromatic amines is 4. The van der Waals surface area contributed by atoms with Crippen molar-refractivity contribution in [2.45, 2.75) is 129 Å². The summed E-state index contributed by atoms with van der Waals surface area (Å²) in [4.78, 5) is 226. The number of anilines is 4. The number of nitrogens with zero attached hydrogens (tertiary/aromatic N) is 19. The number of nitrogens with two attached hydrogens (primary N) is 8. The zero-order valence-electron chi connectivity index (χ0n) is 73.2. The van der Waals surface area contributed by atoms with Gasteiger partial charge in [0.2, 0.25) is 71.0 Å². The fourth-order valence-corrected chi connectivity index (χ4v) is 15.2. The first-order valence-electron chi connectivity index (χ1n) is 43.8. The van der Waals surface area contributed by atoms with Crippen molar-refractivity contribution in [1.29, 1.82) is 0 Å². The van der Waals surface area contributed by atoms with Gasteiger partial charge in [-0.1, -0.05) is 25.7 Å². The molecule has 9 rings (SSSR count). The lowest BCUT2D eigenvalue weighted by molar-refractivity contribution is -0.136. The largest absolute Gasteiger partial charge is 0.385 e. The van der Waals surface area contributed by atoms with Gasteiger partial charge in [-0.2, -0.15) is 15.0 Å². The summed E-state index contributed by atoms with van der Waals surface area (Å²) in [6.07, 6.45) is 20.5. The average molecular weight is 1800 g/mol. The molecule has 0 aliphatic carbocycles. The Kier molecular flexibility index (Phi) is 40.1. The molecule has 49 nitrogen and oxygen atoms in total. The minimum absolute atomic E-state index is 0.00426. The highest BCUT2D eigenvalue weighted by Gasteiger charge is 2.29. The number of terminal acetylenes is 1. The van der Waals surface area contributed by atoms with Gasteiger partial charge in [0.25, 0.3) is 22.2 Å². The molecule has 9 amide bonds. The van der Waals surface area contributed by atoms with Crippen molar-refractivity contribution in [3.05, 3.63) is 72.8 Å². The average Bonchev–Trinajstić information content (AvgIpc) is 1.68. The van der Waals surface area contributed by atoms with E-state index >= 15 is 0 Å². The first-order chi connectivity index (χ1) is 62.2. The van der Waals surface area contributed by atoms with Gasteiger partial charge in [0.05, 0.1) is 57.0 Å². The molecule has 0 spiro atoms. The molecule has 1 unspecified atom stereocenters. The maximum atomic E-state index is 13.8. The SMILES string of the molecule is C#CCCCC(=O)NCC1CN(CCCCCNC(=O)CN(CCN)C(=O)Cn2cnc3c(=O)[nH]c(N)nc32)CCN(CCCCCNC(=O)CN(CCN)C(=O)Cn2cnc3c(=O)[nH]c(N)nc32)CCN(CCCCCNC(=O)CN(CCN)C(=O)Cn2cnc3c(=O)[nH]c(N)nc32)CCN1CCCCCNC(=O)CN(CCN)C(=O)Cn1cnc2c(=O)[nH]c(N)cc21. The first kappa shape index (κ1) is 99.9. The van der Waals surface area contributed by atoms with Crippen LogP contribution in [0.4, 0.5) is 23.7 Å². The van der Waals surface area contributed by atoms with Crippen LogP contribution in [0.2, 0.25) is 0 Å². The Bertz CT molecular complexity index is 5340. The molecule has 0 saturated carbocycles. The minimum atomic E-state index is -0.561. The Hall–Kier alpha value is -12.9. The lowest BCUT2D eigenvalue weighted by Crippen LogP contribution is -2.54. The Morgan fingerprint density at radius 2 is 0.736 bits per heavy atom. The number of hydrogen-bond donors (Lipinski definition) is 17. The van der Waals surface area contributed by atoms with E-state index < -0.39 is 45.9 Å². The number of imidazole rings is 4. The number of carbonyl (C=O) groups excluding carboxylic acids is 9. The summed E-state index contributed by atoms with van der Waals surface area (Å²) in [5.41, 5.74) is 45.6. The van der Waals surface area contributed by atoms with Crippen LogP contribution in [-0.4, -0.2) is 355 Å². The van der Waals surface area contributed by atoms with Crippen molar-refractivity contribution in [2.75, 3.05) is 206 Å². The highest BCUT2D eigenvalue weighted by atomic mass is 16.2. The maximum Gasteiger partial charge on any atom is 0.280 e. The van der Waals surface area contributed by atoms with E-state index in [1.54, 1.807) is 0 Å². The van der Waals surface area contributed by atoms with Crippen LogP contribution in [0.5, 0.6) is 0 Å². The van der Waals surface area contributed by atoms with E-state index in [0.29, 0.717) is 162 Å². The van der Waals surface area contributed by atoms with Crippen molar-refractivity contribution in [3.63, 3.8) is 0 Å². The summed E-state index contributed by atoms with van der Waals surface area (Å²) in [6, 6.07) is 1.29. The van der Waals surface area contributed by atoms with Crippen LogP contribution in [0.25, 0.3) is 44.5 Å². The third-order valence-electron chi connectivity index (χ3n) is 22.0. The molecule has 1 fully saturated rings. The number of aromatic nitrogens is 15. The molecule has 1 saturated heterocycles. The molecule has 1 aliphatic heterocycles. The van der Waals surface area contributed by atoms with Crippen molar-refractivity contribution in [2.24, 2.45) is 22.9 Å². The predicted molar refractivity (Wildman–Crippen MR) is 483 cm³/mol. The van der Waals surface area contributed by atoms with Crippen molar-refractivity contribution >= 4 is 121 Å². The summed E-state index contributed by atoms with van der Waals surface area (Å²) in [5.74, 6) is -1.10. The molecule has 0 radical (unpaired) electrons. The molecular weight excluding hydrogens is 1670 g/mol. The lowest BCUT2D eigenvalue weighted by atomic mass is 10.1. The number of unbranched alkanes of at least 4 members (excludes halogenated alkanes) is 9. The van der Waals surface area contributed by atoms with Crippen LogP contribution >= 0.6 is 0 Å². The number of nitrogens with one attached hydrogen (secondary N) is 9. The molecule has 0 aromatic carbocycles. The Morgan fingerprint density at radius 1 is 0.403 bits per heavy atom. The second kappa shape index (κ2) is 51.8. The number of nitrogen functional groups attached to an aromatic ring is 4. The second-order valence-corrected chi connectivity index (χ2v) is 31.7. The normalized spacial score (nSPS) is 13.8. The van der Waals surface area contributed by atoms with E-state index in [1.807, 2.05) is 0 Å². The maximum absolute atomic E-state index is 13.8. The van der Waals surface area contributed by atoms with E-state index in [0.717, 1.165) is 38.5 Å². The number of fused-ring (bicyclic) bond motifs is 4. The van der Waals surface area contributed by atoms with Gasteiger partial charge in [-0.3, -0.25) is 82.2 Å². The number of rotatable bonds is 53. The van der Waals surface area contributed by atoms with Gasteiger partial charge in [0.1, 0.15) is 32.0 Å². The number of carbonyl (C=O) groups is 9. The fraction of sp³-hybridized carbons (Fsp3) is 0.600. The number of H-pyrrole nitrogens is 4. The monoisotopic (exact) mass is 1800 g/mol. The van der Waals surface area contributed by atoms with Gasteiger partial charge >= 0.3 is 0 Å². The molecule has 1 aliphatic rings. The topological polar surface area (TPSA) is 689 Å². The van der Waals surface area contributed by atoms with E-state index in [4.69, 9.17) is 52.3 Å². The molecule has 8 aromatic heterocycles. The van der Waals surface area contributed by atoms with E-state index in [-0.39, 0.29) is 209 Å². The van der Waals surface area contributed by atoms with Gasteiger partial charge < -0.3 is 130 Å². The van der Waals surface area contributed by atoms with Crippen molar-refractivity contribution in [3.8, 4) is 12.3 Å². The summed E-state index contributed by atoms with van der Waals surface area (Å²) in [5, 5.41) is 15.1. The van der Waals surface area contributed by atoms with Gasteiger partial charge in [0, 0.05) is 156 Å². The molecule has 0 bridgehead atoms. The fourth-order valence-electron chi connectivity index (χ4n) is 15.2. The van der Waals surface area contributed by atoms with Crippen LogP contribution < -0.4 is 94.7 Å². The van der Waals surface area contributed by atoms with E-state index in [1.165, 1.54) is 69.2 Å². The third-order valence-corrected chi connectivity index (χ3v) is 22.0. The number of pyridine rings is 1. The first-order valence-corrected chi connectivity index (χ1v) is 43.8. The Balaban J connectivity index is 0.873. The summed E-state index contributed by atoms with van der Waals surface area (Å²) >= 11 is 0. The standard InChI is InChI=1S/C80H126N36O13/c1-2-3-8-17-58(117)93-41-55-42-107(28-15-6-11-24-91-62(121)46-112(33-21-84)66(125)50-116-54-97-70-73(116)101-80(88)104-77(70)129)37-36-105(26-13-4-9-22-89-60(119)44-110(31-19-82)64(123)48-114-52-95-68-71(114)99-78(86)102-75(68)127)34-35-106(27-14-5-10-23-90-61(120)45-111(32-20-83)65(124)49-115-53-96-69-72(115)100-79(87)103-76(69)128)38-39-108(55)29-16-7-12-25-92-59(118)43-109(30-18-81)63(122)47-113-51-94-67-56(113)40-57(85)98-74(67)126/h1,40,51-55H,3-39,41-50,81-84H2,(H,89,119)(H,90,120)(H,91,121)(H,92,118)(H,93,117)(H3,85,98,126)(H3,86,99,102,127)(H3,87,100,103,128)(H3,88,101,104,129). The summed E-state index contributed by atoms with van der Waals surface area (Å²) in [6.45, 7) is 7.39. The molecule has 129 heavy (non-hydrogen) atoms. The molecule has 9 heterocycles. The Labute approximate surface area is 743 Å². The minimum Gasteiger partial charge on any atom is -0.385 e. The van der Waals surface area contributed by atoms with Crippen LogP contribution in [0.1, 0.15) is 96.3 Å². The molecule has 8 aromatic rings. The van der Waals surface area contributed by atoms with Crippen LogP contribution in [0, 0.1) is 12.3 Å². The molecule has 704 valence electrons. The number of hydrogen-bond acceptors (Lipinski definition) is 32. The summed E-state index contributed by atoms with van der Waals surface area (Å²) in [7, 11) is 0. The van der Waals surface area contributed by atoms with Crippen LogP contribution in [0.3, 0.4) is 0 Å². The zero-order chi connectivity index (χ0) is 92.7. The molecule has 1 atom stereocenters. The second-order valence-electron chi connectivity index (χ2n) is 31.7. The predicted octanol–water partition coefficient (Wildman–Crippen LogP) is -6.74. The molecule has 49 heteroatoms. The Morgan fingerprint density at radius 3 is 1.12 bits per heavy atom. The summed E-state index contributed by atoms with van der Waals surface area (Å²) < 4.78 is 5.65. The molecular formula is C80H126N36O13. The van der Waals surface area contributed by atoms with Gasteiger partial charge in [-0.15, -0.1) is 12.3 Å². The highest BCUT2D eigenvalue weighted by Crippen LogP contribution is 2.17. The van der Waals surface area contributed by atoms with Crippen LogP contribution in [0.15, 0.2) is 50.6 Å². The third kappa shape index (κ3) is 31.5. The van der Waals surface area contributed by atoms with Crippen molar-refractivity contribution < 1.29 is 43.2 Å². The zero-order valence-corrected chi connectivity index (χ0v) is 73.2. The smallest absolute Gasteiger partial charge is 0.280 e. The van der Waals surface area contributed by atoms with E-state index in [9.17, 15) is 62.3 Å². The van der Waals surface area contributed by atoms with Gasteiger partial charge in [0.15, 0.2) is 39.0 Å². The highest BCUT2D eigenvalue weighted by molar-refractivity contribution is 5.89. The van der Waals surface area contributed by atoms with Gasteiger partial charge in [-0.05, 0) is 84.0 Å². The quantitative estimate of drug-likeness (QED) is 0.0124. The molecule has 25 N–H and O–H groups in total. The lowest BCUT2D eigenvalue weighted by Gasteiger charge is -2.39. The number of amides is 9. The van der Waals surface area contributed by atoms with Gasteiger partial charge in [-0.25, -0.2) is 19.9 Å². The van der Waals surface area contributed by atoms with E-state index in [2.05, 4.69) is 107 Å².